The Morgan fingerprint density at radius 1 is 1.24 bits per heavy atom. The van der Waals surface area contributed by atoms with Crippen molar-refractivity contribution in [2.45, 2.75) is 26.7 Å². The largest absolute Gasteiger partial charge is 0.340 e. The smallest absolute Gasteiger partial charge is 0.109 e. The molecule has 0 atom stereocenters. The molecule has 0 bridgehead atoms. The van der Waals surface area contributed by atoms with Crippen molar-refractivity contribution in [2.75, 3.05) is 0 Å². The second-order valence-corrected chi connectivity index (χ2v) is 4.82. The molecule has 0 spiro atoms. The van der Waals surface area contributed by atoms with Crippen LogP contribution >= 0.6 is 0 Å². The molecule has 17 heavy (non-hydrogen) atoms. The van der Waals surface area contributed by atoms with Crippen molar-refractivity contribution in [2.24, 2.45) is 0 Å². The monoisotopic (exact) mass is 225 g/mol. The van der Waals surface area contributed by atoms with E-state index in [1.54, 1.807) is 0 Å². The molecule has 0 radical (unpaired) electrons. The fourth-order valence-electron chi connectivity index (χ4n) is 2.06. The molecule has 0 saturated heterocycles. The molecule has 1 N–H and O–H groups in total. The molecule has 0 aliphatic rings. The summed E-state index contributed by atoms with van der Waals surface area (Å²) in [7, 11) is 0. The Labute approximate surface area is 99.9 Å². The molecular weight excluding hydrogens is 210 g/mol. The van der Waals surface area contributed by atoms with Gasteiger partial charge in [-0.05, 0) is 18.6 Å². The SMILES string of the molecule is Cc1ccc2c(c1)ncc1[nH]c(C(C)C)nc12. The van der Waals surface area contributed by atoms with E-state index in [1.165, 1.54) is 5.56 Å². The lowest BCUT2D eigenvalue weighted by Gasteiger charge is -1.98. The van der Waals surface area contributed by atoms with E-state index in [-0.39, 0.29) is 0 Å². The maximum Gasteiger partial charge on any atom is 0.109 e. The minimum atomic E-state index is 0.405. The second-order valence-electron chi connectivity index (χ2n) is 4.82. The van der Waals surface area contributed by atoms with Crippen molar-refractivity contribution in [1.82, 2.24) is 15.0 Å². The van der Waals surface area contributed by atoms with Crippen LogP contribution in [0.5, 0.6) is 0 Å². The topological polar surface area (TPSA) is 41.6 Å². The van der Waals surface area contributed by atoms with Crippen LogP contribution < -0.4 is 0 Å². The standard InChI is InChI=1S/C14H15N3/c1-8(2)14-16-12-7-15-11-6-9(3)4-5-10(11)13(12)17-14/h4-8H,1-3H3,(H,16,17). The van der Waals surface area contributed by atoms with Crippen molar-refractivity contribution in [3.8, 4) is 0 Å². The van der Waals surface area contributed by atoms with E-state index in [2.05, 4.69) is 53.9 Å². The molecule has 0 unspecified atom stereocenters. The summed E-state index contributed by atoms with van der Waals surface area (Å²) in [6.45, 7) is 6.35. The zero-order valence-corrected chi connectivity index (χ0v) is 10.3. The number of hydrogen-bond donors (Lipinski definition) is 1. The van der Waals surface area contributed by atoms with E-state index in [1.807, 2.05) is 6.20 Å². The normalized spacial score (nSPS) is 11.8. The van der Waals surface area contributed by atoms with Crippen LogP contribution in [0.2, 0.25) is 0 Å². The quantitative estimate of drug-likeness (QED) is 0.688. The summed E-state index contributed by atoms with van der Waals surface area (Å²) in [5.74, 6) is 1.43. The molecule has 0 aliphatic heterocycles. The lowest BCUT2D eigenvalue weighted by molar-refractivity contribution is 0.799. The summed E-state index contributed by atoms with van der Waals surface area (Å²) < 4.78 is 0. The molecule has 2 aromatic heterocycles. The van der Waals surface area contributed by atoms with Gasteiger partial charge in [0.25, 0.3) is 0 Å². The highest BCUT2D eigenvalue weighted by Gasteiger charge is 2.09. The lowest BCUT2D eigenvalue weighted by atomic mass is 10.1. The van der Waals surface area contributed by atoms with Gasteiger partial charge in [0.1, 0.15) is 5.82 Å². The number of rotatable bonds is 1. The van der Waals surface area contributed by atoms with Crippen molar-refractivity contribution in [3.05, 3.63) is 35.8 Å². The van der Waals surface area contributed by atoms with E-state index in [0.717, 1.165) is 27.8 Å². The number of benzene rings is 1. The van der Waals surface area contributed by atoms with Gasteiger partial charge in [0.2, 0.25) is 0 Å². The van der Waals surface area contributed by atoms with Crippen molar-refractivity contribution in [1.29, 1.82) is 0 Å². The molecule has 3 heteroatoms. The maximum absolute atomic E-state index is 4.67. The fraction of sp³-hybridized carbons (Fsp3) is 0.286. The third kappa shape index (κ3) is 1.58. The minimum Gasteiger partial charge on any atom is -0.340 e. The zero-order valence-electron chi connectivity index (χ0n) is 10.3. The molecule has 0 amide bonds. The predicted octanol–water partition coefficient (Wildman–Crippen LogP) is 3.54. The molecule has 1 aromatic carbocycles. The van der Waals surface area contributed by atoms with Crippen molar-refractivity contribution in [3.63, 3.8) is 0 Å². The van der Waals surface area contributed by atoms with Crippen LogP contribution in [0.4, 0.5) is 0 Å². The Morgan fingerprint density at radius 2 is 2.06 bits per heavy atom. The van der Waals surface area contributed by atoms with Crippen LogP contribution in [0.25, 0.3) is 21.9 Å². The third-order valence-electron chi connectivity index (χ3n) is 3.04. The van der Waals surface area contributed by atoms with Gasteiger partial charge in [-0.15, -0.1) is 0 Å². The highest BCUT2D eigenvalue weighted by Crippen LogP contribution is 2.24. The number of H-pyrrole nitrogens is 1. The first-order valence-corrected chi connectivity index (χ1v) is 5.90. The molecule has 86 valence electrons. The van der Waals surface area contributed by atoms with E-state index >= 15 is 0 Å². The van der Waals surface area contributed by atoms with Crippen LogP contribution in [0.15, 0.2) is 24.4 Å². The first kappa shape index (κ1) is 10.3. The Bertz CT molecular complexity index is 695. The molecule has 0 fully saturated rings. The van der Waals surface area contributed by atoms with E-state index in [9.17, 15) is 0 Å². The Balaban J connectivity index is 2.38. The number of aromatic amines is 1. The third-order valence-corrected chi connectivity index (χ3v) is 3.04. The van der Waals surface area contributed by atoms with Gasteiger partial charge in [-0.1, -0.05) is 26.0 Å². The number of nitrogens with one attached hydrogen (secondary N) is 1. The van der Waals surface area contributed by atoms with Crippen molar-refractivity contribution >= 4 is 21.9 Å². The summed E-state index contributed by atoms with van der Waals surface area (Å²) in [4.78, 5) is 12.5. The first-order chi connectivity index (χ1) is 8.15. The maximum atomic E-state index is 4.67. The van der Waals surface area contributed by atoms with Crippen LogP contribution in [0.1, 0.15) is 31.2 Å². The Hall–Kier alpha value is -1.90. The molecule has 3 aromatic rings. The van der Waals surface area contributed by atoms with Crippen molar-refractivity contribution < 1.29 is 0 Å². The number of fused-ring (bicyclic) bond motifs is 3. The van der Waals surface area contributed by atoms with E-state index in [4.69, 9.17) is 0 Å². The number of aryl methyl sites for hydroxylation is 1. The summed E-state index contributed by atoms with van der Waals surface area (Å²) >= 11 is 0. The molecule has 2 heterocycles. The minimum absolute atomic E-state index is 0.405. The predicted molar refractivity (Wildman–Crippen MR) is 70.2 cm³/mol. The number of nitrogens with zero attached hydrogens (tertiary/aromatic N) is 2. The van der Waals surface area contributed by atoms with E-state index in [0.29, 0.717) is 5.92 Å². The lowest BCUT2D eigenvalue weighted by Crippen LogP contribution is -1.88. The van der Waals surface area contributed by atoms with Gasteiger partial charge in [0.15, 0.2) is 0 Å². The highest BCUT2D eigenvalue weighted by molar-refractivity contribution is 6.01. The Morgan fingerprint density at radius 3 is 2.82 bits per heavy atom. The number of pyridine rings is 1. The van der Waals surface area contributed by atoms with Gasteiger partial charge in [0, 0.05) is 11.3 Å². The number of hydrogen-bond acceptors (Lipinski definition) is 2. The number of aromatic nitrogens is 3. The second kappa shape index (κ2) is 3.55. The molecule has 3 nitrogen and oxygen atoms in total. The molecule has 3 rings (SSSR count). The summed E-state index contributed by atoms with van der Waals surface area (Å²) in [6.07, 6.45) is 1.87. The fourth-order valence-corrected chi connectivity index (χ4v) is 2.06. The van der Waals surface area contributed by atoms with Crippen LogP contribution in [-0.4, -0.2) is 15.0 Å². The average Bonchev–Trinajstić information content (AvgIpc) is 2.72. The molecule has 0 aliphatic carbocycles. The Kier molecular flexibility index (Phi) is 2.15. The molecular formula is C14H15N3. The van der Waals surface area contributed by atoms with Gasteiger partial charge >= 0.3 is 0 Å². The van der Waals surface area contributed by atoms with Crippen LogP contribution in [0.3, 0.4) is 0 Å². The number of imidazole rings is 1. The molecule has 0 saturated carbocycles. The van der Waals surface area contributed by atoms with Gasteiger partial charge in [-0.2, -0.15) is 0 Å². The highest BCUT2D eigenvalue weighted by atomic mass is 14.9. The first-order valence-electron chi connectivity index (χ1n) is 5.90. The van der Waals surface area contributed by atoms with Gasteiger partial charge in [-0.25, -0.2) is 4.98 Å². The summed E-state index contributed by atoms with van der Waals surface area (Å²) in [5.41, 5.74) is 4.28. The van der Waals surface area contributed by atoms with E-state index < -0.39 is 0 Å². The summed E-state index contributed by atoms with van der Waals surface area (Å²) in [5, 5.41) is 1.12. The van der Waals surface area contributed by atoms with Crippen LogP contribution in [-0.2, 0) is 0 Å². The van der Waals surface area contributed by atoms with Gasteiger partial charge in [-0.3, -0.25) is 4.98 Å². The summed E-state index contributed by atoms with van der Waals surface area (Å²) in [6, 6.07) is 6.30. The van der Waals surface area contributed by atoms with Gasteiger partial charge < -0.3 is 4.98 Å². The zero-order chi connectivity index (χ0) is 12.0. The van der Waals surface area contributed by atoms with Crippen LogP contribution in [0, 0.1) is 6.92 Å². The van der Waals surface area contributed by atoms with Gasteiger partial charge in [0.05, 0.1) is 22.7 Å². The average molecular weight is 225 g/mol.